The van der Waals surface area contributed by atoms with E-state index in [2.05, 4.69) is 60.1 Å². The zero-order chi connectivity index (χ0) is 13.7. The van der Waals surface area contributed by atoms with Crippen LogP contribution in [0.15, 0.2) is 21.2 Å². The zero-order valence-electron chi connectivity index (χ0n) is 11.3. The minimum absolute atomic E-state index is 0.653. The second-order valence-electron chi connectivity index (χ2n) is 5.11. The maximum absolute atomic E-state index is 4.52. The molecule has 0 aliphatic carbocycles. The Morgan fingerprint density at radius 3 is 2.95 bits per heavy atom. The molecule has 19 heavy (non-hydrogen) atoms. The van der Waals surface area contributed by atoms with E-state index in [4.69, 9.17) is 0 Å². The van der Waals surface area contributed by atoms with Crippen LogP contribution in [0.5, 0.6) is 0 Å². The Labute approximate surface area is 132 Å². The molecule has 1 aliphatic heterocycles. The van der Waals surface area contributed by atoms with Crippen LogP contribution in [0.1, 0.15) is 31.9 Å². The average Bonchev–Trinajstić information content (AvgIpc) is 2.86. The van der Waals surface area contributed by atoms with E-state index in [1.165, 1.54) is 25.8 Å². The molecule has 0 saturated carbocycles. The summed E-state index contributed by atoms with van der Waals surface area (Å²) in [5, 5.41) is 3.57. The maximum atomic E-state index is 4.52. The van der Waals surface area contributed by atoms with E-state index in [1.807, 2.05) is 6.20 Å². The molecule has 1 unspecified atom stereocenters. The smallest absolute Gasteiger partial charge is 0.0686 e. The summed E-state index contributed by atoms with van der Waals surface area (Å²) in [4.78, 5) is 7.02. The summed E-state index contributed by atoms with van der Waals surface area (Å²) >= 11 is 7.05. The molecule has 0 bridgehead atoms. The third kappa shape index (κ3) is 4.81. The molecular formula is C14H21Br2N3. The van der Waals surface area contributed by atoms with Gasteiger partial charge < -0.3 is 5.32 Å². The molecule has 1 aliphatic rings. The van der Waals surface area contributed by atoms with Crippen molar-refractivity contribution >= 4 is 31.9 Å². The molecule has 1 saturated heterocycles. The lowest BCUT2D eigenvalue weighted by Gasteiger charge is -2.25. The number of hydrogen-bond acceptors (Lipinski definition) is 3. The van der Waals surface area contributed by atoms with Crippen molar-refractivity contribution in [3.8, 4) is 0 Å². The van der Waals surface area contributed by atoms with Crippen molar-refractivity contribution in [2.75, 3.05) is 19.6 Å². The highest BCUT2D eigenvalue weighted by Crippen LogP contribution is 2.21. The van der Waals surface area contributed by atoms with E-state index in [9.17, 15) is 0 Å². The van der Waals surface area contributed by atoms with Gasteiger partial charge in [0.2, 0.25) is 0 Å². The average molecular weight is 391 g/mol. The highest BCUT2D eigenvalue weighted by Gasteiger charge is 2.18. The van der Waals surface area contributed by atoms with E-state index < -0.39 is 0 Å². The maximum Gasteiger partial charge on any atom is 0.0686 e. The van der Waals surface area contributed by atoms with Crippen molar-refractivity contribution in [3.63, 3.8) is 0 Å². The van der Waals surface area contributed by atoms with Crippen LogP contribution in [0.3, 0.4) is 0 Å². The molecule has 0 spiro atoms. The molecule has 0 radical (unpaired) electrons. The van der Waals surface area contributed by atoms with Crippen LogP contribution >= 0.6 is 31.9 Å². The Balaban J connectivity index is 1.98. The summed E-state index contributed by atoms with van der Waals surface area (Å²) in [5.41, 5.74) is 1.12. The Hall–Kier alpha value is 0.0300. The number of hydrogen-bond donors (Lipinski definition) is 1. The number of pyridine rings is 1. The van der Waals surface area contributed by atoms with Gasteiger partial charge in [0, 0.05) is 34.3 Å². The summed E-state index contributed by atoms with van der Waals surface area (Å²) in [6.07, 6.45) is 5.67. The highest BCUT2D eigenvalue weighted by atomic mass is 79.9. The first kappa shape index (κ1) is 15.4. The number of halogens is 2. The molecule has 106 valence electrons. The van der Waals surface area contributed by atoms with E-state index in [0.717, 1.165) is 34.3 Å². The van der Waals surface area contributed by atoms with E-state index in [0.29, 0.717) is 6.04 Å². The SMILES string of the molecule is CCCN(Cc1ncc(Br)cc1Br)CC1CCCN1. The normalized spacial score (nSPS) is 19.3. The van der Waals surface area contributed by atoms with Crippen LogP contribution in [-0.2, 0) is 6.54 Å². The fourth-order valence-electron chi connectivity index (χ4n) is 2.55. The fraction of sp³-hybridized carbons (Fsp3) is 0.643. The first-order chi connectivity index (χ1) is 9.19. The monoisotopic (exact) mass is 389 g/mol. The second-order valence-corrected chi connectivity index (χ2v) is 6.88. The van der Waals surface area contributed by atoms with Gasteiger partial charge in [0.15, 0.2) is 0 Å². The highest BCUT2D eigenvalue weighted by molar-refractivity contribution is 9.11. The minimum atomic E-state index is 0.653. The van der Waals surface area contributed by atoms with Gasteiger partial charge >= 0.3 is 0 Å². The Morgan fingerprint density at radius 2 is 2.32 bits per heavy atom. The van der Waals surface area contributed by atoms with Crippen molar-refractivity contribution in [1.82, 2.24) is 15.2 Å². The van der Waals surface area contributed by atoms with Crippen LogP contribution < -0.4 is 5.32 Å². The molecule has 1 atom stereocenters. The zero-order valence-corrected chi connectivity index (χ0v) is 14.5. The van der Waals surface area contributed by atoms with Gasteiger partial charge in [-0.3, -0.25) is 9.88 Å². The molecule has 5 heteroatoms. The first-order valence-electron chi connectivity index (χ1n) is 6.94. The van der Waals surface area contributed by atoms with Crippen molar-refractivity contribution in [3.05, 3.63) is 26.9 Å². The summed E-state index contributed by atoms with van der Waals surface area (Å²) < 4.78 is 2.10. The van der Waals surface area contributed by atoms with Gasteiger partial charge in [-0.1, -0.05) is 6.92 Å². The third-order valence-electron chi connectivity index (χ3n) is 3.44. The summed E-state index contributed by atoms with van der Waals surface area (Å²) in [6, 6.07) is 2.72. The molecule has 1 N–H and O–H groups in total. The molecule has 1 aromatic heterocycles. The van der Waals surface area contributed by atoms with Gasteiger partial charge in [0.25, 0.3) is 0 Å². The molecule has 0 amide bonds. The fourth-order valence-corrected chi connectivity index (χ4v) is 3.66. The van der Waals surface area contributed by atoms with Gasteiger partial charge in [0.05, 0.1) is 5.69 Å². The molecule has 2 rings (SSSR count). The lowest BCUT2D eigenvalue weighted by molar-refractivity contribution is 0.238. The molecular weight excluding hydrogens is 370 g/mol. The lowest BCUT2D eigenvalue weighted by Crippen LogP contribution is -2.37. The number of nitrogens with one attached hydrogen (secondary N) is 1. The standard InChI is InChI=1S/C14H21Br2N3/c1-2-6-19(9-12-4-3-5-17-12)10-14-13(16)7-11(15)8-18-14/h7-8,12,17H,2-6,9-10H2,1H3. The number of aromatic nitrogens is 1. The Morgan fingerprint density at radius 1 is 1.47 bits per heavy atom. The van der Waals surface area contributed by atoms with Crippen molar-refractivity contribution in [2.24, 2.45) is 0 Å². The van der Waals surface area contributed by atoms with Crippen LogP contribution in [0, 0.1) is 0 Å². The number of nitrogens with zero attached hydrogens (tertiary/aromatic N) is 2. The van der Waals surface area contributed by atoms with Gasteiger partial charge in [-0.2, -0.15) is 0 Å². The summed E-state index contributed by atoms with van der Waals surface area (Å²) in [5.74, 6) is 0. The minimum Gasteiger partial charge on any atom is -0.313 e. The second kappa shape index (κ2) is 7.72. The molecule has 0 aromatic carbocycles. The van der Waals surface area contributed by atoms with Crippen LogP contribution in [0.4, 0.5) is 0 Å². The van der Waals surface area contributed by atoms with Gasteiger partial charge in [-0.25, -0.2) is 0 Å². The van der Waals surface area contributed by atoms with Crippen molar-refractivity contribution < 1.29 is 0 Å². The first-order valence-corrected chi connectivity index (χ1v) is 8.53. The molecule has 2 heterocycles. The van der Waals surface area contributed by atoms with Crippen LogP contribution in [-0.4, -0.2) is 35.6 Å². The quantitative estimate of drug-likeness (QED) is 0.804. The topological polar surface area (TPSA) is 28.2 Å². The van der Waals surface area contributed by atoms with Gasteiger partial charge in [-0.05, 0) is 70.3 Å². The van der Waals surface area contributed by atoms with Gasteiger partial charge in [-0.15, -0.1) is 0 Å². The molecule has 1 fully saturated rings. The predicted octanol–water partition coefficient (Wildman–Crippen LogP) is 3.57. The molecule has 3 nitrogen and oxygen atoms in total. The van der Waals surface area contributed by atoms with Crippen molar-refractivity contribution in [1.29, 1.82) is 0 Å². The van der Waals surface area contributed by atoms with Crippen LogP contribution in [0.2, 0.25) is 0 Å². The lowest BCUT2D eigenvalue weighted by atomic mass is 10.2. The Bertz CT molecular complexity index is 406. The summed E-state index contributed by atoms with van der Waals surface area (Å²) in [7, 11) is 0. The van der Waals surface area contributed by atoms with Crippen LogP contribution in [0.25, 0.3) is 0 Å². The Kier molecular flexibility index (Phi) is 6.26. The van der Waals surface area contributed by atoms with Gasteiger partial charge in [0.1, 0.15) is 0 Å². The largest absolute Gasteiger partial charge is 0.313 e. The van der Waals surface area contributed by atoms with E-state index in [-0.39, 0.29) is 0 Å². The summed E-state index contributed by atoms with van der Waals surface area (Å²) in [6.45, 7) is 6.57. The van der Waals surface area contributed by atoms with E-state index >= 15 is 0 Å². The van der Waals surface area contributed by atoms with E-state index in [1.54, 1.807) is 0 Å². The van der Waals surface area contributed by atoms with Crippen molar-refractivity contribution in [2.45, 2.75) is 38.8 Å². The third-order valence-corrected chi connectivity index (χ3v) is 4.56. The number of rotatable bonds is 6. The predicted molar refractivity (Wildman–Crippen MR) is 86.2 cm³/mol. The molecule has 1 aromatic rings.